The van der Waals surface area contributed by atoms with Crippen LogP contribution >= 0.6 is 11.3 Å². The molecule has 18 heavy (non-hydrogen) atoms. The smallest absolute Gasteiger partial charge is 0.160 e. The van der Waals surface area contributed by atoms with E-state index in [2.05, 4.69) is 30.3 Å². The monoisotopic (exact) mass is 259 g/mol. The van der Waals surface area contributed by atoms with Crippen molar-refractivity contribution in [2.75, 3.05) is 0 Å². The number of fused-ring (bicyclic) bond motifs is 1. The van der Waals surface area contributed by atoms with Crippen LogP contribution in [0.25, 0.3) is 11.4 Å². The van der Waals surface area contributed by atoms with Gasteiger partial charge < -0.3 is 5.73 Å². The fourth-order valence-electron chi connectivity index (χ4n) is 2.64. The highest BCUT2D eigenvalue weighted by Gasteiger charge is 2.31. The third-order valence-electron chi connectivity index (χ3n) is 3.50. The van der Waals surface area contributed by atoms with Crippen LogP contribution in [0.1, 0.15) is 37.6 Å². The van der Waals surface area contributed by atoms with Crippen LogP contribution in [0, 0.1) is 5.41 Å². The summed E-state index contributed by atoms with van der Waals surface area (Å²) in [6.45, 7) is 4.50. The summed E-state index contributed by atoms with van der Waals surface area (Å²) in [6, 6.07) is 2.13. The van der Waals surface area contributed by atoms with E-state index in [9.17, 15) is 0 Å². The zero-order valence-corrected chi connectivity index (χ0v) is 11.5. The number of hydrogen-bond donors (Lipinski definition) is 1. The predicted octanol–water partition coefficient (Wildman–Crippen LogP) is 3.18. The summed E-state index contributed by atoms with van der Waals surface area (Å²) in [4.78, 5) is 9.17. The van der Waals surface area contributed by atoms with Crippen LogP contribution in [0.5, 0.6) is 0 Å². The second kappa shape index (κ2) is 4.14. The van der Waals surface area contributed by atoms with Gasteiger partial charge in [-0.1, -0.05) is 13.8 Å². The molecule has 0 spiro atoms. The van der Waals surface area contributed by atoms with Crippen LogP contribution in [0.4, 0.5) is 0 Å². The largest absolute Gasteiger partial charge is 0.324 e. The van der Waals surface area contributed by atoms with Crippen LogP contribution in [0.3, 0.4) is 0 Å². The molecule has 3 rings (SSSR count). The summed E-state index contributed by atoms with van der Waals surface area (Å²) in [5.74, 6) is 0.819. The van der Waals surface area contributed by atoms with E-state index < -0.39 is 0 Å². The first-order chi connectivity index (χ1) is 8.55. The summed E-state index contributed by atoms with van der Waals surface area (Å²) >= 11 is 1.67. The molecule has 0 saturated carbocycles. The van der Waals surface area contributed by atoms with Crippen LogP contribution < -0.4 is 5.73 Å². The Morgan fingerprint density at radius 3 is 3.00 bits per heavy atom. The third kappa shape index (κ3) is 2.06. The average Bonchev–Trinajstić information content (AvgIpc) is 2.79. The molecule has 2 aromatic rings. The Hall–Kier alpha value is -1.26. The van der Waals surface area contributed by atoms with Crippen LogP contribution in [-0.4, -0.2) is 9.97 Å². The van der Waals surface area contributed by atoms with Gasteiger partial charge in [-0.2, -0.15) is 11.3 Å². The maximum Gasteiger partial charge on any atom is 0.160 e. The van der Waals surface area contributed by atoms with Crippen molar-refractivity contribution in [1.82, 2.24) is 9.97 Å². The molecule has 2 aromatic heterocycles. The van der Waals surface area contributed by atoms with Crippen molar-refractivity contribution < 1.29 is 0 Å². The summed E-state index contributed by atoms with van der Waals surface area (Å²) in [7, 11) is 0. The van der Waals surface area contributed by atoms with Crippen LogP contribution in [-0.2, 0) is 6.42 Å². The zero-order valence-electron chi connectivity index (χ0n) is 10.7. The van der Waals surface area contributed by atoms with Gasteiger partial charge in [-0.15, -0.1) is 0 Å². The van der Waals surface area contributed by atoms with Gasteiger partial charge in [0, 0.05) is 34.4 Å². The number of nitrogens with two attached hydrogens (primary N) is 1. The van der Waals surface area contributed by atoms with Gasteiger partial charge in [-0.3, -0.25) is 0 Å². The molecular weight excluding hydrogens is 242 g/mol. The topological polar surface area (TPSA) is 51.8 Å². The standard InChI is InChI=1S/C14H17N3S/c1-14(2)5-11(15)10-7-16-13(17-12(10)6-14)9-3-4-18-8-9/h3-4,7-8,11H,5-6,15H2,1-2H3. The fraction of sp³-hybridized carbons (Fsp3) is 0.429. The van der Waals surface area contributed by atoms with Gasteiger partial charge in [0.1, 0.15) is 0 Å². The van der Waals surface area contributed by atoms with Gasteiger partial charge in [0.2, 0.25) is 0 Å². The predicted molar refractivity (Wildman–Crippen MR) is 74.4 cm³/mol. The minimum atomic E-state index is 0.0697. The van der Waals surface area contributed by atoms with E-state index in [0.29, 0.717) is 0 Å². The first-order valence-electron chi connectivity index (χ1n) is 6.19. The Labute approximate surface area is 111 Å². The maximum absolute atomic E-state index is 6.21. The van der Waals surface area contributed by atoms with E-state index in [1.807, 2.05) is 11.6 Å². The number of rotatable bonds is 1. The molecule has 2 heterocycles. The Morgan fingerprint density at radius 2 is 2.28 bits per heavy atom. The molecule has 0 fully saturated rings. The van der Waals surface area contributed by atoms with Crippen molar-refractivity contribution in [3.63, 3.8) is 0 Å². The van der Waals surface area contributed by atoms with Gasteiger partial charge in [-0.05, 0) is 29.7 Å². The van der Waals surface area contributed by atoms with Crippen molar-refractivity contribution >= 4 is 11.3 Å². The Kier molecular flexibility index (Phi) is 2.72. The number of thiophene rings is 1. The molecule has 1 unspecified atom stereocenters. The fourth-order valence-corrected chi connectivity index (χ4v) is 3.27. The zero-order chi connectivity index (χ0) is 12.8. The van der Waals surface area contributed by atoms with Crippen molar-refractivity contribution in [2.24, 2.45) is 11.1 Å². The molecule has 1 aliphatic carbocycles. The molecule has 94 valence electrons. The van der Waals surface area contributed by atoms with Gasteiger partial charge in [0.05, 0.1) is 0 Å². The number of aromatic nitrogens is 2. The summed E-state index contributed by atoms with van der Waals surface area (Å²) < 4.78 is 0. The van der Waals surface area contributed by atoms with Crippen LogP contribution in [0.15, 0.2) is 23.0 Å². The van der Waals surface area contributed by atoms with E-state index in [1.54, 1.807) is 11.3 Å². The first kappa shape index (κ1) is 11.8. The van der Waals surface area contributed by atoms with E-state index in [-0.39, 0.29) is 11.5 Å². The summed E-state index contributed by atoms with van der Waals surface area (Å²) in [5.41, 5.74) is 9.78. The van der Waals surface area contributed by atoms with Gasteiger partial charge in [-0.25, -0.2) is 9.97 Å². The lowest BCUT2D eigenvalue weighted by molar-refractivity contribution is 0.278. The Bertz CT molecular complexity index is 560. The van der Waals surface area contributed by atoms with E-state index in [4.69, 9.17) is 10.7 Å². The molecule has 1 aliphatic rings. The van der Waals surface area contributed by atoms with E-state index in [0.717, 1.165) is 35.5 Å². The molecule has 0 saturated heterocycles. The second-order valence-corrected chi connectivity index (χ2v) is 6.54. The quantitative estimate of drug-likeness (QED) is 0.855. The molecule has 0 amide bonds. The highest BCUT2D eigenvalue weighted by molar-refractivity contribution is 7.08. The number of nitrogens with zero attached hydrogens (tertiary/aromatic N) is 2. The van der Waals surface area contributed by atoms with Gasteiger partial charge in [0.15, 0.2) is 5.82 Å². The molecule has 0 aliphatic heterocycles. The SMILES string of the molecule is CC1(C)Cc2nc(-c3ccsc3)ncc2C(N)C1. The minimum Gasteiger partial charge on any atom is -0.324 e. The second-order valence-electron chi connectivity index (χ2n) is 5.76. The Balaban J connectivity index is 2.05. The molecule has 0 bridgehead atoms. The molecule has 3 nitrogen and oxygen atoms in total. The van der Waals surface area contributed by atoms with E-state index in [1.165, 1.54) is 0 Å². The molecule has 0 aromatic carbocycles. The Morgan fingerprint density at radius 1 is 1.44 bits per heavy atom. The van der Waals surface area contributed by atoms with Crippen molar-refractivity contribution in [3.05, 3.63) is 34.3 Å². The molecule has 2 N–H and O–H groups in total. The molecule has 0 radical (unpaired) electrons. The normalized spacial score (nSPS) is 21.6. The summed E-state index contributed by atoms with van der Waals surface area (Å²) in [5, 5.41) is 4.13. The lowest BCUT2D eigenvalue weighted by Gasteiger charge is -2.34. The minimum absolute atomic E-state index is 0.0697. The van der Waals surface area contributed by atoms with Gasteiger partial charge >= 0.3 is 0 Å². The highest BCUT2D eigenvalue weighted by Crippen LogP contribution is 2.38. The molecule has 4 heteroatoms. The molecule has 1 atom stereocenters. The van der Waals surface area contributed by atoms with Gasteiger partial charge in [0.25, 0.3) is 0 Å². The maximum atomic E-state index is 6.21. The lowest BCUT2D eigenvalue weighted by Crippen LogP contribution is -2.30. The molecular formula is C14H17N3S. The number of hydrogen-bond acceptors (Lipinski definition) is 4. The van der Waals surface area contributed by atoms with Crippen LogP contribution in [0.2, 0.25) is 0 Å². The van der Waals surface area contributed by atoms with E-state index >= 15 is 0 Å². The first-order valence-corrected chi connectivity index (χ1v) is 7.13. The van der Waals surface area contributed by atoms with Crippen molar-refractivity contribution in [1.29, 1.82) is 0 Å². The third-order valence-corrected chi connectivity index (χ3v) is 4.18. The summed E-state index contributed by atoms with van der Waals surface area (Å²) in [6.07, 6.45) is 3.89. The van der Waals surface area contributed by atoms with Crippen molar-refractivity contribution in [3.8, 4) is 11.4 Å². The average molecular weight is 259 g/mol. The lowest BCUT2D eigenvalue weighted by atomic mass is 9.74. The van der Waals surface area contributed by atoms with Crippen molar-refractivity contribution in [2.45, 2.75) is 32.7 Å². The highest BCUT2D eigenvalue weighted by atomic mass is 32.1.